The van der Waals surface area contributed by atoms with Gasteiger partial charge >= 0.3 is 5.97 Å². The highest BCUT2D eigenvalue weighted by Crippen LogP contribution is 2.23. The maximum Gasteiger partial charge on any atom is 0.303 e. The van der Waals surface area contributed by atoms with Gasteiger partial charge in [-0.05, 0) is 33.1 Å². The molecule has 0 bridgehead atoms. The molecule has 2 unspecified atom stereocenters. The number of carbonyl (C=O) groups is 1. The van der Waals surface area contributed by atoms with Crippen LogP contribution in [0.15, 0.2) is 0 Å². The van der Waals surface area contributed by atoms with E-state index in [4.69, 9.17) is 15.6 Å². The second kappa shape index (κ2) is 6.21. The molecule has 4 heteroatoms. The number of carboxylic acid groups (broad SMARTS) is 1. The Hall–Kier alpha value is -0.610. The second-order valence-electron chi connectivity index (χ2n) is 4.99. The van der Waals surface area contributed by atoms with E-state index in [9.17, 15) is 4.79 Å². The first kappa shape index (κ1) is 15.4. The Kier molecular flexibility index (Phi) is 5.97. The molecule has 0 spiro atoms. The minimum absolute atomic E-state index is 0.137. The lowest BCUT2D eigenvalue weighted by Crippen LogP contribution is -2.44. The van der Waals surface area contributed by atoms with Crippen LogP contribution in [-0.4, -0.2) is 28.8 Å². The van der Waals surface area contributed by atoms with E-state index in [0.29, 0.717) is 13.0 Å². The molecule has 0 saturated carbocycles. The molecule has 0 aromatic rings. The maximum atomic E-state index is 10.5. The van der Waals surface area contributed by atoms with Gasteiger partial charge in [-0.3, -0.25) is 4.79 Å². The van der Waals surface area contributed by atoms with Gasteiger partial charge in [0.15, 0.2) is 0 Å². The number of hydrogen-bond donors (Lipinski definition) is 2. The van der Waals surface area contributed by atoms with Crippen LogP contribution in [0.4, 0.5) is 0 Å². The molecule has 2 atom stereocenters. The second-order valence-corrected chi connectivity index (χ2v) is 4.99. The molecule has 0 amide bonds. The molecule has 0 aromatic heterocycles. The van der Waals surface area contributed by atoms with E-state index in [1.54, 1.807) is 0 Å². The molecule has 0 aliphatic heterocycles. The van der Waals surface area contributed by atoms with Crippen molar-refractivity contribution in [1.29, 1.82) is 0 Å². The molecule has 0 aliphatic rings. The Bertz CT molecular complexity index is 228. The van der Waals surface area contributed by atoms with Crippen molar-refractivity contribution in [3.63, 3.8) is 0 Å². The third kappa shape index (κ3) is 6.08. The van der Waals surface area contributed by atoms with Crippen molar-refractivity contribution in [1.82, 2.24) is 0 Å². The molecule has 0 aromatic carbocycles. The molecule has 0 radical (unpaired) electrons. The Labute approximate surface area is 98.2 Å². The first-order valence-electron chi connectivity index (χ1n) is 5.89. The van der Waals surface area contributed by atoms with Crippen molar-refractivity contribution in [2.45, 2.75) is 64.5 Å². The van der Waals surface area contributed by atoms with Crippen LogP contribution in [0.1, 0.15) is 53.4 Å². The summed E-state index contributed by atoms with van der Waals surface area (Å²) in [5.74, 6) is -0.783. The van der Waals surface area contributed by atoms with E-state index in [1.807, 2.05) is 27.7 Å². The maximum absolute atomic E-state index is 10.5. The molecule has 16 heavy (non-hydrogen) atoms. The van der Waals surface area contributed by atoms with Gasteiger partial charge in [-0.1, -0.05) is 13.8 Å². The molecule has 3 N–H and O–H groups in total. The Morgan fingerprint density at radius 1 is 1.31 bits per heavy atom. The molecule has 0 rings (SSSR count). The summed E-state index contributed by atoms with van der Waals surface area (Å²) in [7, 11) is 0. The summed E-state index contributed by atoms with van der Waals surface area (Å²) in [5, 5.41) is 8.67. The quantitative estimate of drug-likeness (QED) is 0.671. The summed E-state index contributed by atoms with van der Waals surface area (Å²) in [6, 6.07) is 0. The lowest BCUT2D eigenvalue weighted by atomic mass is 9.95. The minimum atomic E-state index is -0.783. The largest absolute Gasteiger partial charge is 0.481 e. The molecule has 0 fully saturated rings. The highest BCUT2D eigenvalue weighted by molar-refractivity contribution is 5.66. The van der Waals surface area contributed by atoms with Crippen LogP contribution in [0.25, 0.3) is 0 Å². The van der Waals surface area contributed by atoms with Gasteiger partial charge in [-0.15, -0.1) is 0 Å². The van der Waals surface area contributed by atoms with Crippen LogP contribution in [0, 0.1) is 0 Å². The third-order valence-corrected chi connectivity index (χ3v) is 3.17. The third-order valence-electron chi connectivity index (χ3n) is 3.17. The Morgan fingerprint density at radius 3 is 2.25 bits per heavy atom. The fraction of sp³-hybridized carbons (Fsp3) is 0.917. The SMILES string of the molecule is CCC(C)(N)COC(C)(CC)CCC(=O)O. The summed E-state index contributed by atoms with van der Waals surface area (Å²) in [4.78, 5) is 10.5. The summed E-state index contributed by atoms with van der Waals surface area (Å²) in [6.45, 7) is 8.38. The van der Waals surface area contributed by atoms with E-state index in [0.717, 1.165) is 12.8 Å². The van der Waals surface area contributed by atoms with Gasteiger partial charge in [-0.25, -0.2) is 0 Å². The van der Waals surface area contributed by atoms with Gasteiger partial charge in [0, 0.05) is 12.0 Å². The summed E-state index contributed by atoms with van der Waals surface area (Å²) < 4.78 is 5.80. The van der Waals surface area contributed by atoms with E-state index in [1.165, 1.54) is 0 Å². The lowest BCUT2D eigenvalue weighted by Gasteiger charge is -2.33. The highest BCUT2D eigenvalue weighted by atomic mass is 16.5. The van der Waals surface area contributed by atoms with Crippen molar-refractivity contribution >= 4 is 5.97 Å². The summed E-state index contributed by atoms with van der Waals surface area (Å²) in [5.41, 5.74) is 5.28. The average Bonchev–Trinajstić information content (AvgIpc) is 2.24. The van der Waals surface area contributed by atoms with E-state index < -0.39 is 5.97 Å². The van der Waals surface area contributed by atoms with E-state index in [2.05, 4.69) is 0 Å². The van der Waals surface area contributed by atoms with Crippen molar-refractivity contribution < 1.29 is 14.6 Å². The van der Waals surface area contributed by atoms with Gasteiger partial charge in [0.2, 0.25) is 0 Å². The molecule has 0 heterocycles. The van der Waals surface area contributed by atoms with Crippen LogP contribution in [0.2, 0.25) is 0 Å². The van der Waals surface area contributed by atoms with Crippen LogP contribution in [0.3, 0.4) is 0 Å². The van der Waals surface area contributed by atoms with Gasteiger partial charge in [0.25, 0.3) is 0 Å². The van der Waals surface area contributed by atoms with Crippen molar-refractivity contribution in [3.8, 4) is 0 Å². The Morgan fingerprint density at radius 2 is 1.88 bits per heavy atom. The number of nitrogens with two attached hydrogens (primary N) is 1. The normalized spacial score (nSPS) is 18.8. The number of aliphatic carboxylic acids is 1. The number of hydrogen-bond acceptors (Lipinski definition) is 3. The number of ether oxygens (including phenoxy) is 1. The standard InChI is InChI=1S/C12H25NO3/c1-5-11(3,13)9-16-12(4,6-2)8-7-10(14)15/h5-9,13H2,1-4H3,(H,14,15). The van der Waals surface area contributed by atoms with Crippen molar-refractivity contribution in [3.05, 3.63) is 0 Å². The van der Waals surface area contributed by atoms with Gasteiger partial charge in [0.05, 0.1) is 12.2 Å². The molecular weight excluding hydrogens is 206 g/mol. The van der Waals surface area contributed by atoms with Crippen molar-refractivity contribution in [2.24, 2.45) is 5.73 Å². The summed E-state index contributed by atoms with van der Waals surface area (Å²) in [6.07, 6.45) is 2.29. The zero-order valence-corrected chi connectivity index (χ0v) is 10.9. The molecule has 0 saturated heterocycles. The Balaban J connectivity index is 4.21. The van der Waals surface area contributed by atoms with Crippen LogP contribution < -0.4 is 5.73 Å². The van der Waals surface area contributed by atoms with Gasteiger partial charge in [0.1, 0.15) is 0 Å². The zero-order chi connectivity index (χ0) is 12.8. The van der Waals surface area contributed by atoms with Crippen LogP contribution in [0.5, 0.6) is 0 Å². The molecule has 4 nitrogen and oxygen atoms in total. The fourth-order valence-corrected chi connectivity index (χ4v) is 1.16. The monoisotopic (exact) mass is 231 g/mol. The predicted molar refractivity (Wildman–Crippen MR) is 64.4 cm³/mol. The predicted octanol–water partition coefficient (Wildman–Crippen LogP) is 2.16. The zero-order valence-electron chi connectivity index (χ0n) is 10.9. The van der Waals surface area contributed by atoms with Gasteiger partial charge in [-0.2, -0.15) is 0 Å². The van der Waals surface area contributed by atoms with E-state index >= 15 is 0 Å². The van der Waals surface area contributed by atoms with Gasteiger partial charge < -0.3 is 15.6 Å². The smallest absolute Gasteiger partial charge is 0.303 e. The first-order valence-corrected chi connectivity index (χ1v) is 5.89. The molecule has 96 valence electrons. The summed E-state index contributed by atoms with van der Waals surface area (Å²) >= 11 is 0. The fourth-order valence-electron chi connectivity index (χ4n) is 1.16. The molecular formula is C12H25NO3. The number of rotatable bonds is 8. The number of carboxylic acids is 1. The highest BCUT2D eigenvalue weighted by Gasteiger charge is 2.27. The van der Waals surface area contributed by atoms with Crippen molar-refractivity contribution in [2.75, 3.05) is 6.61 Å². The first-order chi connectivity index (χ1) is 7.24. The topological polar surface area (TPSA) is 72.5 Å². The van der Waals surface area contributed by atoms with E-state index in [-0.39, 0.29) is 17.6 Å². The average molecular weight is 231 g/mol. The lowest BCUT2D eigenvalue weighted by molar-refractivity contribution is -0.139. The van der Waals surface area contributed by atoms with Crippen LogP contribution in [-0.2, 0) is 9.53 Å². The van der Waals surface area contributed by atoms with Crippen LogP contribution >= 0.6 is 0 Å². The molecule has 0 aliphatic carbocycles. The minimum Gasteiger partial charge on any atom is -0.481 e.